The maximum absolute atomic E-state index is 12.0. The largest absolute Gasteiger partial charge is 0.506 e. The normalized spacial score (nSPS) is 18.3. The number of nitrogens with zero attached hydrogens (tertiary/aromatic N) is 1. The van der Waals surface area contributed by atoms with E-state index in [-0.39, 0.29) is 23.8 Å². The number of aromatic hydroxyl groups is 1. The number of amides is 1. The first-order chi connectivity index (χ1) is 8.65. The average molecular weight is 252 g/mol. The molecule has 0 saturated carbocycles. The van der Waals surface area contributed by atoms with Crippen LogP contribution in [0.1, 0.15) is 23.2 Å². The molecule has 18 heavy (non-hydrogen) atoms. The molecule has 0 atom stereocenters. The van der Waals surface area contributed by atoms with Crippen LogP contribution < -0.4 is 5.32 Å². The van der Waals surface area contributed by atoms with Crippen molar-refractivity contribution in [2.45, 2.75) is 18.4 Å². The molecule has 0 spiro atoms. The highest BCUT2D eigenvalue weighted by Gasteiger charge is 2.33. The van der Waals surface area contributed by atoms with Crippen LogP contribution in [0, 0.1) is 0 Å². The van der Waals surface area contributed by atoms with E-state index in [2.05, 4.69) is 10.3 Å². The molecule has 1 aromatic heterocycles. The molecule has 6 nitrogen and oxygen atoms in total. The number of aliphatic hydroxyl groups is 1. The Morgan fingerprint density at radius 2 is 2.17 bits per heavy atom. The smallest absolute Gasteiger partial charge is 0.253 e. The van der Waals surface area contributed by atoms with E-state index in [1.54, 1.807) is 0 Å². The fourth-order valence-corrected chi connectivity index (χ4v) is 1.95. The summed E-state index contributed by atoms with van der Waals surface area (Å²) >= 11 is 0. The zero-order valence-electron chi connectivity index (χ0n) is 9.93. The molecule has 0 unspecified atom stereocenters. The molecule has 1 saturated heterocycles. The number of rotatable bonds is 3. The first kappa shape index (κ1) is 12.8. The zero-order chi connectivity index (χ0) is 13.0. The SMILES string of the molecule is O=C(NC1(CO)CCOCC1)c1cncc(O)c1. The summed E-state index contributed by atoms with van der Waals surface area (Å²) in [6.07, 6.45) is 3.77. The predicted octanol–water partition coefficient (Wildman–Crippen LogP) is 0.0585. The summed E-state index contributed by atoms with van der Waals surface area (Å²) in [7, 11) is 0. The molecule has 98 valence electrons. The van der Waals surface area contributed by atoms with E-state index < -0.39 is 5.54 Å². The molecule has 2 heterocycles. The topological polar surface area (TPSA) is 91.7 Å². The third kappa shape index (κ3) is 2.77. The van der Waals surface area contributed by atoms with E-state index in [0.717, 1.165) is 0 Å². The van der Waals surface area contributed by atoms with Crippen molar-refractivity contribution in [1.29, 1.82) is 0 Å². The van der Waals surface area contributed by atoms with Gasteiger partial charge in [0.1, 0.15) is 5.75 Å². The number of ether oxygens (including phenoxy) is 1. The summed E-state index contributed by atoms with van der Waals surface area (Å²) in [5, 5.41) is 21.5. The highest BCUT2D eigenvalue weighted by molar-refractivity contribution is 5.94. The first-order valence-corrected chi connectivity index (χ1v) is 5.80. The molecule has 1 amide bonds. The van der Waals surface area contributed by atoms with Crippen molar-refractivity contribution in [3.05, 3.63) is 24.0 Å². The Morgan fingerprint density at radius 3 is 2.78 bits per heavy atom. The van der Waals surface area contributed by atoms with Gasteiger partial charge >= 0.3 is 0 Å². The lowest BCUT2D eigenvalue weighted by Crippen LogP contribution is -2.54. The Labute approximate surface area is 105 Å². The summed E-state index contributed by atoms with van der Waals surface area (Å²) < 4.78 is 5.22. The van der Waals surface area contributed by atoms with Crippen molar-refractivity contribution in [3.8, 4) is 5.75 Å². The maximum Gasteiger partial charge on any atom is 0.253 e. The van der Waals surface area contributed by atoms with E-state index in [1.807, 2.05) is 0 Å². The Balaban J connectivity index is 2.10. The summed E-state index contributed by atoms with van der Waals surface area (Å²) in [6.45, 7) is 0.895. The lowest BCUT2D eigenvalue weighted by Gasteiger charge is -2.36. The van der Waals surface area contributed by atoms with Crippen LogP contribution in [-0.2, 0) is 4.74 Å². The van der Waals surface area contributed by atoms with Gasteiger partial charge in [-0.05, 0) is 18.9 Å². The van der Waals surface area contributed by atoms with Gasteiger partial charge in [0.15, 0.2) is 0 Å². The second kappa shape index (κ2) is 5.32. The monoisotopic (exact) mass is 252 g/mol. The van der Waals surface area contributed by atoms with Gasteiger partial charge in [-0.1, -0.05) is 0 Å². The highest BCUT2D eigenvalue weighted by atomic mass is 16.5. The number of nitrogens with one attached hydrogen (secondary N) is 1. The molecule has 1 aliphatic heterocycles. The summed E-state index contributed by atoms with van der Waals surface area (Å²) in [4.78, 5) is 15.8. The van der Waals surface area contributed by atoms with E-state index >= 15 is 0 Å². The fourth-order valence-electron chi connectivity index (χ4n) is 1.95. The summed E-state index contributed by atoms with van der Waals surface area (Å²) in [5.41, 5.74) is -0.366. The number of aliphatic hydroxyl groups excluding tert-OH is 1. The Hall–Kier alpha value is -1.66. The van der Waals surface area contributed by atoms with Gasteiger partial charge in [0.05, 0.1) is 23.9 Å². The standard InChI is InChI=1S/C12H16N2O4/c15-8-12(1-3-18-4-2-12)14-11(17)9-5-10(16)7-13-6-9/h5-7,15-16H,1-4,8H2,(H,14,17). The van der Waals surface area contributed by atoms with E-state index in [9.17, 15) is 15.0 Å². The molecule has 0 aliphatic carbocycles. The van der Waals surface area contributed by atoms with Gasteiger partial charge < -0.3 is 20.3 Å². The van der Waals surface area contributed by atoms with Crippen LogP contribution in [0.5, 0.6) is 5.75 Å². The van der Waals surface area contributed by atoms with Gasteiger partial charge in [0, 0.05) is 19.4 Å². The number of aromatic nitrogens is 1. The van der Waals surface area contributed by atoms with E-state index in [1.165, 1.54) is 18.5 Å². The summed E-state index contributed by atoms with van der Waals surface area (Å²) in [6, 6.07) is 1.34. The van der Waals surface area contributed by atoms with E-state index in [4.69, 9.17) is 4.74 Å². The quantitative estimate of drug-likeness (QED) is 0.707. The maximum atomic E-state index is 12.0. The van der Waals surface area contributed by atoms with Crippen molar-refractivity contribution in [2.24, 2.45) is 0 Å². The minimum atomic E-state index is -0.638. The predicted molar refractivity (Wildman–Crippen MR) is 63.2 cm³/mol. The zero-order valence-corrected chi connectivity index (χ0v) is 9.93. The van der Waals surface area contributed by atoms with Crippen LogP contribution in [0.25, 0.3) is 0 Å². The van der Waals surface area contributed by atoms with Crippen molar-refractivity contribution < 1.29 is 19.7 Å². The van der Waals surface area contributed by atoms with Crippen molar-refractivity contribution >= 4 is 5.91 Å². The number of hydrogen-bond donors (Lipinski definition) is 3. The first-order valence-electron chi connectivity index (χ1n) is 5.80. The van der Waals surface area contributed by atoms with Gasteiger partial charge in [-0.25, -0.2) is 0 Å². The molecule has 3 N–H and O–H groups in total. The third-order valence-electron chi connectivity index (χ3n) is 3.12. The van der Waals surface area contributed by atoms with Crippen LogP contribution in [-0.4, -0.2) is 46.5 Å². The van der Waals surface area contributed by atoms with Gasteiger partial charge in [0.25, 0.3) is 5.91 Å². The van der Waals surface area contributed by atoms with Gasteiger partial charge in [0.2, 0.25) is 0 Å². The van der Waals surface area contributed by atoms with Crippen LogP contribution in [0.4, 0.5) is 0 Å². The molecule has 1 aromatic rings. The lowest BCUT2D eigenvalue weighted by atomic mass is 9.90. The third-order valence-corrected chi connectivity index (χ3v) is 3.12. The Kier molecular flexibility index (Phi) is 3.78. The molecular weight excluding hydrogens is 236 g/mol. The molecule has 0 aromatic carbocycles. The molecule has 6 heteroatoms. The molecule has 1 fully saturated rings. The van der Waals surface area contributed by atoms with Gasteiger partial charge in [-0.15, -0.1) is 0 Å². The van der Waals surface area contributed by atoms with Crippen LogP contribution >= 0.6 is 0 Å². The van der Waals surface area contributed by atoms with Gasteiger partial charge in [-0.2, -0.15) is 0 Å². The van der Waals surface area contributed by atoms with Crippen LogP contribution in [0.2, 0.25) is 0 Å². The van der Waals surface area contributed by atoms with Crippen molar-refractivity contribution in [3.63, 3.8) is 0 Å². The van der Waals surface area contributed by atoms with Gasteiger partial charge in [-0.3, -0.25) is 9.78 Å². The fraction of sp³-hybridized carbons (Fsp3) is 0.500. The van der Waals surface area contributed by atoms with Crippen molar-refractivity contribution in [1.82, 2.24) is 10.3 Å². The minimum Gasteiger partial charge on any atom is -0.506 e. The molecule has 1 aliphatic rings. The molecular formula is C12H16N2O4. The number of carbonyl (C=O) groups is 1. The second-order valence-corrected chi connectivity index (χ2v) is 4.44. The minimum absolute atomic E-state index is 0.0623. The Morgan fingerprint density at radius 1 is 1.44 bits per heavy atom. The molecule has 2 rings (SSSR count). The number of hydrogen-bond acceptors (Lipinski definition) is 5. The van der Waals surface area contributed by atoms with Crippen molar-refractivity contribution in [2.75, 3.05) is 19.8 Å². The van der Waals surface area contributed by atoms with E-state index in [0.29, 0.717) is 26.1 Å². The summed E-state index contributed by atoms with van der Waals surface area (Å²) in [5.74, 6) is -0.415. The lowest BCUT2D eigenvalue weighted by molar-refractivity contribution is 0.0125. The number of pyridine rings is 1. The highest BCUT2D eigenvalue weighted by Crippen LogP contribution is 2.21. The number of carbonyl (C=O) groups excluding carboxylic acids is 1. The average Bonchev–Trinajstić information content (AvgIpc) is 2.40. The second-order valence-electron chi connectivity index (χ2n) is 4.44. The van der Waals surface area contributed by atoms with Crippen LogP contribution in [0.15, 0.2) is 18.5 Å². The van der Waals surface area contributed by atoms with Crippen LogP contribution in [0.3, 0.4) is 0 Å². The Bertz CT molecular complexity index is 430. The molecule has 0 radical (unpaired) electrons. The molecule has 0 bridgehead atoms.